The Morgan fingerprint density at radius 2 is 2.27 bits per heavy atom. The van der Waals surface area contributed by atoms with Crippen LogP contribution in [0.1, 0.15) is 28.5 Å². The number of hydrogen-bond donors (Lipinski definition) is 1. The van der Waals surface area contributed by atoms with Crippen molar-refractivity contribution in [1.82, 2.24) is 10.3 Å². The molecule has 1 aliphatic rings. The maximum atomic E-state index is 12.3. The fraction of sp³-hybridized carbons (Fsp3) is 0.368. The van der Waals surface area contributed by atoms with Crippen molar-refractivity contribution in [1.29, 1.82) is 0 Å². The number of thiazole rings is 1. The number of hydrogen-bond acceptors (Lipinski definition) is 6. The third kappa shape index (κ3) is 3.46. The molecule has 1 aromatic carbocycles. The molecule has 2 aromatic rings. The van der Waals surface area contributed by atoms with Crippen LogP contribution in [-0.4, -0.2) is 38.7 Å². The van der Waals surface area contributed by atoms with Gasteiger partial charge in [0.05, 0.1) is 19.3 Å². The quantitative estimate of drug-likeness (QED) is 0.818. The minimum absolute atomic E-state index is 0.0164. The van der Waals surface area contributed by atoms with Crippen LogP contribution < -0.4 is 19.7 Å². The second kappa shape index (κ2) is 7.67. The molecular formula is C19H21N3O3S. The highest BCUT2D eigenvalue weighted by molar-refractivity contribution is 7.15. The predicted molar refractivity (Wildman–Crippen MR) is 102 cm³/mol. The number of methoxy groups -OCH3 is 1. The first-order chi connectivity index (χ1) is 12.5. The van der Waals surface area contributed by atoms with Crippen molar-refractivity contribution in [3.8, 4) is 23.8 Å². The molecule has 1 amide bonds. The molecule has 0 spiro atoms. The van der Waals surface area contributed by atoms with Gasteiger partial charge < -0.3 is 19.7 Å². The van der Waals surface area contributed by atoms with E-state index in [1.807, 2.05) is 37.2 Å². The van der Waals surface area contributed by atoms with E-state index < -0.39 is 0 Å². The van der Waals surface area contributed by atoms with Gasteiger partial charge in [-0.05, 0) is 6.07 Å². The number of benzene rings is 1. The second-order valence-corrected chi connectivity index (χ2v) is 7.12. The van der Waals surface area contributed by atoms with Crippen molar-refractivity contribution in [2.24, 2.45) is 0 Å². The number of amides is 1. The molecule has 0 saturated carbocycles. The second-order valence-electron chi connectivity index (χ2n) is 6.11. The van der Waals surface area contributed by atoms with Gasteiger partial charge in [0.2, 0.25) is 5.91 Å². The van der Waals surface area contributed by atoms with Crippen LogP contribution in [0.2, 0.25) is 0 Å². The van der Waals surface area contributed by atoms with E-state index in [0.29, 0.717) is 24.5 Å². The van der Waals surface area contributed by atoms with Crippen molar-refractivity contribution in [3.63, 3.8) is 0 Å². The van der Waals surface area contributed by atoms with Gasteiger partial charge in [0, 0.05) is 36.9 Å². The normalized spacial score (nSPS) is 16.1. The van der Waals surface area contributed by atoms with Gasteiger partial charge in [-0.25, -0.2) is 4.98 Å². The third-order valence-electron chi connectivity index (χ3n) is 4.16. The summed E-state index contributed by atoms with van der Waals surface area (Å²) in [5, 5.41) is 3.83. The zero-order valence-corrected chi connectivity index (χ0v) is 15.9. The molecule has 1 aromatic heterocycles. The molecule has 2 heterocycles. The predicted octanol–water partition coefficient (Wildman–Crippen LogP) is 2.38. The molecule has 136 valence electrons. The molecule has 0 radical (unpaired) electrons. The number of para-hydroxylation sites is 1. The van der Waals surface area contributed by atoms with E-state index in [2.05, 4.69) is 16.2 Å². The molecule has 0 aliphatic carbocycles. The number of carbonyl (C=O) groups is 1. The van der Waals surface area contributed by atoms with Crippen molar-refractivity contribution in [3.05, 3.63) is 34.3 Å². The van der Waals surface area contributed by atoms with E-state index in [0.717, 1.165) is 21.3 Å². The number of ether oxygens (including phenoxy) is 2. The van der Waals surface area contributed by atoms with Crippen LogP contribution in [0.3, 0.4) is 0 Å². The number of carbonyl (C=O) groups excluding carboxylic acids is 1. The number of nitrogens with one attached hydrogen (secondary N) is 1. The Hall–Kier alpha value is -2.72. The smallest absolute Gasteiger partial charge is 0.221 e. The number of terminal acetylenes is 1. The minimum atomic E-state index is -0.165. The molecule has 1 N–H and O–H groups in total. The van der Waals surface area contributed by atoms with Gasteiger partial charge in [0.1, 0.15) is 6.61 Å². The van der Waals surface area contributed by atoms with E-state index in [-0.39, 0.29) is 18.4 Å². The minimum Gasteiger partial charge on any atom is -0.493 e. The van der Waals surface area contributed by atoms with E-state index in [1.54, 1.807) is 18.4 Å². The monoisotopic (exact) mass is 371 g/mol. The lowest BCUT2D eigenvalue weighted by molar-refractivity contribution is -0.121. The lowest BCUT2D eigenvalue weighted by atomic mass is 9.92. The molecule has 3 rings (SSSR count). The molecule has 1 atom stereocenters. The average Bonchev–Trinajstić information content (AvgIpc) is 3.00. The van der Waals surface area contributed by atoms with Crippen LogP contribution in [0.15, 0.2) is 18.2 Å². The van der Waals surface area contributed by atoms with E-state index >= 15 is 0 Å². The molecule has 0 unspecified atom stereocenters. The molecule has 7 heteroatoms. The maximum absolute atomic E-state index is 12.3. The molecule has 0 saturated heterocycles. The summed E-state index contributed by atoms with van der Waals surface area (Å²) in [4.78, 5) is 20.0. The summed E-state index contributed by atoms with van der Waals surface area (Å²) < 4.78 is 11.2. The summed E-state index contributed by atoms with van der Waals surface area (Å²) in [5.41, 5.74) is 1.77. The standard InChI is InChI=1S/C19H21N3O3S/c1-5-9-25-17-12(7-6-8-15(17)24-4)13-10-16(23)20-11-14-18(13)26-19(21-14)22(2)3/h1,6-8,13H,9-11H2,2-4H3,(H,20,23)/t13-/m0/s1. The number of rotatable bonds is 5. The van der Waals surface area contributed by atoms with Gasteiger partial charge in [-0.2, -0.15) is 0 Å². The molecule has 1 aliphatic heterocycles. The van der Waals surface area contributed by atoms with E-state index in [1.165, 1.54) is 0 Å². The SMILES string of the molecule is C#CCOc1c(OC)cccc1[C@@H]1CC(=O)NCc2nc(N(C)C)sc21. The van der Waals surface area contributed by atoms with Crippen LogP contribution in [0, 0.1) is 12.3 Å². The highest BCUT2D eigenvalue weighted by atomic mass is 32.1. The van der Waals surface area contributed by atoms with Crippen molar-refractivity contribution in [2.75, 3.05) is 32.7 Å². The molecule has 0 fully saturated rings. The van der Waals surface area contributed by atoms with Crippen molar-refractivity contribution < 1.29 is 14.3 Å². The number of aromatic nitrogens is 1. The lowest BCUT2D eigenvalue weighted by Crippen LogP contribution is -2.21. The molecule has 6 nitrogen and oxygen atoms in total. The number of nitrogens with zero attached hydrogens (tertiary/aromatic N) is 2. The number of fused-ring (bicyclic) bond motifs is 1. The van der Waals surface area contributed by atoms with Gasteiger partial charge in [0.25, 0.3) is 0 Å². The fourth-order valence-corrected chi connectivity index (χ4v) is 4.08. The van der Waals surface area contributed by atoms with Crippen LogP contribution in [-0.2, 0) is 11.3 Å². The van der Waals surface area contributed by atoms with Crippen molar-refractivity contribution >= 4 is 22.4 Å². The van der Waals surface area contributed by atoms with Gasteiger partial charge in [-0.1, -0.05) is 18.1 Å². The first kappa shape index (κ1) is 18.1. The zero-order valence-electron chi connectivity index (χ0n) is 15.0. The summed E-state index contributed by atoms with van der Waals surface area (Å²) in [6.07, 6.45) is 5.68. The van der Waals surface area contributed by atoms with Gasteiger partial charge in [-0.15, -0.1) is 17.8 Å². The summed E-state index contributed by atoms with van der Waals surface area (Å²) in [6, 6.07) is 5.68. The first-order valence-electron chi connectivity index (χ1n) is 8.22. The maximum Gasteiger partial charge on any atom is 0.221 e. The van der Waals surface area contributed by atoms with Crippen LogP contribution in [0.25, 0.3) is 0 Å². The molecule has 26 heavy (non-hydrogen) atoms. The summed E-state index contributed by atoms with van der Waals surface area (Å²) in [5.74, 6) is 3.48. The van der Waals surface area contributed by atoms with Gasteiger partial charge in [0.15, 0.2) is 16.6 Å². The van der Waals surface area contributed by atoms with Crippen molar-refractivity contribution in [2.45, 2.75) is 18.9 Å². The summed E-state index contributed by atoms with van der Waals surface area (Å²) >= 11 is 1.59. The summed E-state index contributed by atoms with van der Waals surface area (Å²) in [6.45, 7) is 0.560. The van der Waals surface area contributed by atoms with Crippen LogP contribution >= 0.6 is 11.3 Å². The molecule has 0 bridgehead atoms. The summed E-state index contributed by atoms with van der Waals surface area (Å²) in [7, 11) is 5.50. The van der Waals surface area contributed by atoms with Crippen LogP contribution in [0.4, 0.5) is 5.13 Å². The average molecular weight is 371 g/mol. The Morgan fingerprint density at radius 1 is 1.46 bits per heavy atom. The third-order valence-corrected chi connectivity index (χ3v) is 5.54. The lowest BCUT2D eigenvalue weighted by Gasteiger charge is -2.19. The van der Waals surface area contributed by atoms with Crippen LogP contribution in [0.5, 0.6) is 11.5 Å². The Kier molecular flexibility index (Phi) is 5.33. The van der Waals surface area contributed by atoms with E-state index in [9.17, 15) is 4.79 Å². The van der Waals surface area contributed by atoms with Gasteiger partial charge in [-0.3, -0.25) is 4.79 Å². The Bertz CT molecular complexity index is 854. The zero-order chi connectivity index (χ0) is 18.7. The van der Waals surface area contributed by atoms with E-state index in [4.69, 9.17) is 15.9 Å². The Morgan fingerprint density at radius 3 is 2.96 bits per heavy atom. The molecular weight excluding hydrogens is 350 g/mol. The Balaban J connectivity index is 2.13. The largest absolute Gasteiger partial charge is 0.493 e. The highest BCUT2D eigenvalue weighted by Crippen LogP contribution is 2.44. The fourth-order valence-electron chi connectivity index (χ4n) is 2.96. The van der Waals surface area contributed by atoms with Gasteiger partial charge >= 0.3 is 0 Å². The topological polar surface area (TPSA) is 63.7 Å². The first-order valence-corrected chi connectivity index (χ1v) is 9.03. The number of anilines is 1. The Labute approximate surface area is 157 Å². The highest BCUT2D eigenvalue weighted by Gasteiger charge is 2.31.